The third-order valence-corrected chi connectivity index (χ3v) is 3.04. The lowest BCUT2D eigenvalue weighted by molar-refractivity contribution is -0.139. The minimum absolute atomic E-state index is 0.126. The van der Waals surface area contributed by atoms with Crippen molar-refractivity contribution in [1.29, 1.82) is 0 Å². The van der Waals surface area contributed by atoms with Gasteiger partial charge in [-0.2, -0.15) is 0 Å². The van der Waals surface area contributed by atoms with Gasteiger partial charge in [-0.3, -0.25) is 9.59 Å². The monoisotopic (exact) mass is 254 g/mol. The predicted octanol–water partition coefficient (Wildman–Crippen LogP) is 1.62. The Morgan fingerprint density at radius 1 is 1.39 bits per heavy atom. The van der Waals surface area contributed by atoms with Crippen LogP contribution in [-0.2, 0) is 4.79 Å². The molecule has 1 aromatic heterocycles. The average Bonchev–Trinajstić information content (AvgIpc) is 2.54. The maximum Gasteiger partial charge on any atom is 0.305 e. The van der Waals surface area contributed by atoms with Crippen molar-refractivity contribution in [3.63, 3.8) is 0 Å². The molecule has 1 amide bonds. The number of aliphatic carboxylic acids is 1. The molecule has 1 heterocycles. The molecule has 0 fully saturated rings. The Morgan fingerprint density at radius 3 is 2.33 bits per heavy atom. The summed E-state index contributed by atoms with van der Waals surface area (Å²) in [4.78, 5) is 24.5. The first-order chi connectivity index (χ1) is 8.16. The largest absolute Gasteiger partial charge is 0.481 e. The molecule has 0 bridgehead atoms. The maximum atomic E-state index is 12.3. The van der Waals surface area contributed by atoms with Gasteiger partial charge < -0.3 is 14.5 Å². The van der Waals surface area contributed by atoms with Gasteiger partial charge in [0.25, 0.3) is 5.91 Å². The van der Waals surface area contributed by atoms with E-state index in [1.807, 2.05) is 0 Å². The standard InChI is InChI=1S/C12H18N2O4/c1-7-10(8(2)18-13-7)11(17)14(5)12(3,4)6-9(15)16/h6H2,1-5H3,(H,15,16). The Morgan fingerprint density at radius 2 is 1.94 bits per heavy atom. The smallest absolute Gasteiger partial charge is 0.305 e. The Bertz CT molecular complexity index is 457. The second-order valence-electron chi connectivity index (χ2n) is 4.95. The molecule has 0 radical (unpaired) electrons. The van der Waals surface area contributed by atoms with Crippen LogP contribution in [0.2, 0.25) is 0 Å². The summed E-state index contributed by atoms with van der Waals surface area (Å²) >= 11 is 0. The van der Waals surface area contributed by atoms with E-state index in [0.29, 0.717) is 17.0 Å². The third kappa shape index (κ3) is 2.69. The van der Waals surface area contributed by atoms with Gasteiger partial charge in [0.05, 0.1) is 12.1 Å². The molecule has 18 heavy (non-hydrogen) atoms. The highest BCUT2D eigenvalue weighted by Crippen LogP contribution is 2.22. The van der Waals surface area contributed by atoms with Crippen molar-refractivity contribution >= 4 is 11.9 Å². The first-order valence-electron chi connectivity index (χ1n) is 5.59. The highest BCUT2D eigenvalue weighted by Gasteiger charge is 2.33. The summed E-state index contributed by atoms with van der Waals surface area (Å²) in [5, 5.41) is 12.6. The van der Waals surface area contributed by atoms with Gasteiger partial charge in [-0.05, 0) is 27.7 Å². The fourth-order valence-corrected chi connectivity index (χ4v) is 1.72. The van der Waals surface area contributed by atoms with E-state index in [4.69, 9.17) is 9.63 Å². The van der Waals surface area contributed by atoms with Gasteiger partial charge in [0.15, 0.2) is 0 Å². The minimum Gasteiger partial charge on any atom is -0.481 e. The second kappa shape index (κ2) is 4.80. The number of nitrogens with zero attached hydrogens (tertiary/aromatic N) is 2. The van der Waals surface area contributed by atoms with E-state index in [1.165, 1.54) is 4.90 Å². The number of carboxylic acid groups (broad SMARTS) is 1. The van der Waals surface area contributed by atoms with Crippen LogP contribution in [0.25, 0.3) is 0 Å². The van der Waals surface area contributed by atoms with Crippen molar-refractivity contribution < 1.29 is 19.2 Å². The number of carbonyl (C=O) groups is 2. The third-order valence-electron chi connectivity index (χ3n) is 3.04. The van der Waals surface area contributed by atoms with Crippen LogP contribution in [0.1, 0.15) is 42.1 Å². The highest BCUT2D eigenvalue weighted by atomic mass is 16.5. The van der Waals surface area contributed by atoms with Crippen LogP contribution in [-0.4, -0.2) is 39.6 Å². The number of carboxylic acids is 1. The summed E-state index contributed by atoms with van der Waals surface area (Å²) in [7, 11) is 1.58. The molecule has 0 aromatic carbocycles. The Hall–Kier alpha value is -1.85. The van der Waals surface area contributed by atoms with Gasteiger partial charge in [0.1, 0.15) is 11.3 Å². The van der Waals surface area contributed by atoms with Crippen LogP contribution < -0.4 is 0 Å². The molecule has 1 aromatic rings. The summed E-state index contributed by atoms with van der Waals surface area (Å²) in [5.41, 5.74) is 0.130. The van der Waals surface area contributed by atoms with Crippen LogP contribution >= 0.6 is 0 Å². The van der Waals surface area contributed by atoms with Crippen LogP contribution in [0.3, 0.4) is 0 Å². The lowest BCUT2D eigenvalue weighted by Gasteiger charge is -2.34. The Kier molecular flexibility index (Phi) is 3.79. The van der Waals surface area contributed by atoms with Crippen molar-refractivity contribution in [2.24, 2.45) is 0 Å². The SMILES string of the molecule is Cc1noc(C)c1C(=O)N(C)C(C)(C)CC(=O)O. The van der Waals surface area contributed by atoms with Crippen molar-refractivity contribution in [3.8, 4) is 0 Å². The number of aromatic nitrogens is 1. The zero-order chi connectivity index (χ0) is 14.1. The molecule has 0 aliphatic heterocycles. The molecule has 0 saturated heterocycles. The zero-order valence-electron chi connectivity index (χ0n) is 11.3. The van der Waals surface area contributed by atoms with Gasteiger partial charge in [-0.15, -0.1) is 0 Å². The lowest BCUT2D eigenvalue weighted by atomic mass is 9.97. The van der Waals surface area contributed by atoms with Crippen molar-refractivity contribution in [1.82, 2.24) is 10.1 Å². The summed E-state index contributed by atoms with van der Waals surface area (Å²) in [6.07, 6.45) is -0.126. The van der Waals surface area contributed by atoms with Gasteiger partial charge in [0, 0.05) is 12.6 Å². The molecule has 0 spiro atoms. The van der Waals surface area contributed by atoms with Crippen LogP contribution in [0.15, 0.2) is 4.52 Å². The first-order valence-corrected chi connectivity index (χ1v) is 5.59. The molecule has 0 aliphatic carbocycles. The lowest BCUT2D eigenvalue weighted by Crippen LogP contribution is -2.46. The van der Waals surface area contributed by atoms with Crippen LogP contribution in [0.4, 0.5) is 0 Å². The minimum atomic E-state index is -0.946. The molecular formula is C12H18N2O4. The maximum absolute atomic E-state index is 12.3. The van der Waals surface area contributed by atoms with Gasteiger partial charge in [-0.25, -0.2) is 0 Å². The predicted molar refractivity (Wildman–Crippen MR) is 64.4 cm³/mol. The molecule has 6 heteroatoms. The Labute approximate surface area is 106 Å². The summed E-state index contributed by atoms with van der Waals surface area (Å²) in [5.74, 6) is -0.786. The second-order valence-corrected chi connectivity index (χ2v) is 4.95. The molecule has 0 saturated carbocycles. The van der Waals surface area contributed by atoms with E-state index in [9.17, 15) is 9.59 Å². The number of hydrogen-bond acceptors (Lipinski definition) is 4. The normalized spacial score (nSPS) is 11.4. The van der Waals surface area contributed by atoms with E-state index in [1.54, 1.807) is 34.7 Å². The van der Waals surface area contributed by atoms with Crippen LogP contribution in [0, 0.1) is 13.8 Å². The van der Waals surface area contributed by atoms with Gasteiger partial charge >= 0.3 is 5.97 Å². The van der Waals surface area contributed by atoms with Gasteiger partial charge in [-0.1, -0.05) is 5.16 Å². The van der Waals surface area contributed by atoms with Crippen molar-refractivity contribution in [3.05, 3.63) is 17.0 Å². The number of carbonyl (C=O) groups excluding carboxylic acids is 1. The Balaban J connectivity index is 3.01. The average molecular weight is 254 g/mol. The quantitative estimate of drug-likeness (QED) is 0.882. The molecule has 6 nitrogen and oxygen atoms in total. The number of hydrogen-bond donors (Lipinski definition) is 1. The molecular weight excluding hydrogens is 236 g/mol. The van der Waals surface area contributed by atoms with Crippen LogP contribution in [0.5, 0.6) is 0 Å². The van der Waals surface area contributed by atoms with E-state index < -0.39 is 11.5 Å². The zero-order valence-corrected chi connectivity index (χ0v) is 11.3. The topological polar surface area (TPSA) is 83.6 Å². The van der Waals surface area contributed by atoms with E-state index >= 15 is 0 Å². The molecule has 0 atom stereocenters. The highest BCUT2D eigenvalue weighted by molar-refractivity contribution is 5.96. The van der Waals surface area contributed by atoms with Crippen molar-refractivity contribution in [2.45, 2.75) is 39.7 Å². The summed E-state index contributed by atoms with van der Waals surface area (Å²) in [6, 6.07) is 0. The van der Waals surface area contributed by atoms with Crippen molar-refractivity contribution in [2.75, 3.05) is 7.05 Å². The summed E-state index contributed by atoms with van der Waals surface area (Å²) in [6.45, 7) is 6.75. The first kappa shape index (κ1) is 14.2. The molecule has 1 N–H and O–H groups in total. The molecule has 1 rings (SSSR count). The fourth-order valence-electron chi connectivity index (χ4n) is 1.72. The van der Waals surface area contributed by atoms with E-state index in [-0.39, 0.29) is 12.3 Å². The fraction of sp³-hybridized carbons (Fsp3) is 0.583. The number of amides is 1. The van der Waals surface area contributed by atoms with Gasteiger partial charge in [0.2, 0.25) is 0 Å². The number of aryl methyl sites for hydroxylation is 2. The number of rotatable bonds is 4. The summed E-state index contributed by atoms with van der Waals surface area (Å²) < 4.78 is 4.95. The molecule has 0 unspecified atom stereocenters. The van der Waals surface area contributed by atoms with E-state index in [0.717, 1.165) is 0 Å². The van der Waals surface area contributed by atoms with E-state index in [2.05, 4.69) is 5.16 Å². The molecule has 0 aliphatic rings. The molecule has 100 valence electrons.